The van der Waals surface area contributed by atoms with Crippen molar-refractivity contribution in [2.45, 2.75) is 18.8 Å². The van der Waals surface area contributed by atoms with Crippen molar-refractivity contribution in [2.24, 2.45) is 5.73 Å². The molecule has 2 aliphatic heterocycles. The van der Waals surface area contributed by atoms with E-state index in [2.05, 4.69) is 5.32 Å². The number of rotatable bonds is 1. The van der Waals surface area contributed by atoms with Gasteiger partial charge in [-0.05, 0) is 25.1 Å². The molecule has 0 spiro atoms. The summed E-state index contributed by atoms with van der Waals surface area (Å²) in [5, 5.41) is 2.77. The second-order valence-corrected chi connectivity index (χ2v) is 4.88. The van der Waals surface area contributed by atoms with Gasteiger partial charge >= 0.3 is 0 Å². The first-order valence-electron chi connectivity index (χ1n) is 6.17. The molecule has 1 aromatic rings. The maximum atomic E-state index is 11.3. The Kier molecular flexibility index (Phi) is 2.93. The summed E-state index contributed by atoms with van der Waals surface area (Å²) in [5.41, 5.74) is 7.20. The van der Waals surface area contributed by atoms with Gasteiger partial charge in [0.2, 0.25) is 0 Å². The number of fused-ring (bicyclic) bond motifs is 1. The lowest BCUT2D eigenvalue weighted by molar-refractivity contribution is -0.270. The second kappa shape index (κ2) is 4.48. The molecule has 0 saturated carbocycles. The fourth-order valence-corrected chi connectivity index (χ4v) is 2.15. The number of benzene rings is 1. The molecular formula is C13H16N2O4. The molecule has 3 N–H and O–H groups in total. The van der Waals surface area contributed by atoms with Crippen LogP contribution in [0.3, 0.4) is 0 Å². The Labute approximate surface area is 110 Å². The third kappa shape index (κ3) is 2.30. The summed E-state index contributed by atoms with van der Waals surface area (Å²) in [6.45, 7) is 2.77. The maximum absolute atomic E-state index is 11.3. The van der Waals surface area contributed by atoms with Crippen molar-refractivity contribution >= 4 is 11.6 Å². The molecule has 1 aromatic carbocycles. The van der Waals surface area contributed by atoms with E-state index in [-0.39, 0.29) is 18.6 Å². The topological polar surface area (TPSA) is 82.8 Å². The number of carbonyl (C=O) groups excluding carboxylic acids is 1. The Hall–Kier alpha value is -1.63. The molecule has 1 saturated heterocycles. The minimum atomic E-state index is -0.840. The Morgan fingerprint density at radius 3 is 2.84 bits per heavy atom. The van der Waals surface area contributed by atoms with Crippen LogP contribution in [-0.2, 0) is 20.1 Å². The van der Waals surface area contributed by atoms with Crippen LogP contribution < -0.4 is 15.8 Å². The lowest BCUT2D eigenvalue weighted by atomic mass is 10.0. The van der Waals surface area contributed by atoms with E-state index in [1.165, 1.54) is 0 Å². The van der Waals surface area contributed by atoms with Gasteiger partial charge in [0.1, 0.15) is 5.75 Å². The van der Waals surface area contributed by atoms with Gasteiger partial charge in [-0.15, -0.1) is 0 Å². The van der Waals surface area contributed by atoms with Crippen molar-refractivity contribution in [2.75, 3.05) is 25.1 Å². The average molecular weight is 264 g/mol. The molecule has 6 heteroatoms. The summed E-state index contributed by atoms with van der Waals surface area (Å²) in [5.74, 6) is -0.352. The zero-order valence-electron chi connectivity index (χ0n) is 10.6. The first-order chi connectivity index (χ1) is 9.07. The SMILES string of the molecule is CC1(c2ccc3c(c2)NC(=O)CO3)OCC(N)CO1. The van der Waals surface area contributed by atoms with E-state index in [4.69, 9.17) is 19.9 Å². The monoisotopic (exact) mass is 264 g/mol. The molecule has 0 radical (unpaired) electrons. The van der Waals surface area contributed by atoms with Gasteiger partial charge < -0.3 is 25.3 Å². The van der Waals surface area contributed by atoms with E-state index in [0.717, 1.165) is 5.56 Å². The van der Waals surface area contributed by atoms with Crippen molar-refractivity contribution in [3.8, 4) is 5.75 Å². The molecule has 1 fully saturated rings. The van der Waals surface area contributed by atoms with Crippen LogP contribution in [-0.4, -0.2) is 31.8 Å². The summed E-state index contributed by atoms with van der Waals surface area (Å²) < 4.78 is 16.7. The van der Waals surface area contributed by atoms with Gasteiger partial charge in [0.25, 0.3) is 5.91 Å². The standard InChI is InChI=1S/C13H16N2O4/c1-13(18-5-9(14)6-19-13)8-2-3-11-10(4-8)15-12(16)7-17-11/h2-4,9H,5-7,14H2,1H3,(H,15,16). The Morgan fingerprint density at radius 2 is 2.11 bits per heavy atom. The van der Waals surface area contributed by atoms with Gasteiger partial charge in [0.15, 0.2) is 12.4 Å². The van der Waals surface area contributed by atoms with Gasteiger partial charge in [-0.1, -0.05) is 0 Å². The fraction of sp³-hybridized carbons (Fsp3) is 0.462. The predicted molar refractivity (Wildman–Crippen MR) is 67.8 cm³/mol. The van der Waals surface area contributed by atoms with Crippen LogP contribution in [0.1, 0.15) is 12.5 Å². The second-order valence-electron chi connectivity index (χ2n) is 4.88. The van der Waals surface area contributed by atoms with Crippen LogP contribution in [0.25, 0.3) is 0 Å². The summed E-state index contributed by atoms with van der Waals surface area (Å²) in [6.07, 6.45) is 0. The number of anilines is 1. The first kappa shape index (κ1) is 12.4. The summed E-state index contributed by atoms with van der Waals surface area (Å²) in [4.78, 5) is 11.3. The minimum absolute atomic E-state index is 0.0471. The number of hydrogen-bond acceptors (Lipinski definition) is 5. The quantitative estimate of drug-likeness (QED) is 0.774. The largest absolute Gasteiger partial charge is 0.482 e. The number of nitrogens with one attached hydrogen (secondary N) is 1. The first-order valence-corrected chi connectivity index (χ1v) is 6.17. The highest BCUT2D eigenvalue weighted by Gasteiger charge is 2.34. The van der Waals surface area contributed by atoms with Gasteiger partial charge in [-0.25, -0.2) is 0 Å². The summed E-state index contributed by atoms with van der Waals surface area (Å²) in [6, 6.07) is 5.38. The molecule has 2 heterocycles. The van der Waals surface area contributed by atoms with Gasteiger partial charge in [0, 0.05) is 5.56 Å². The highest BCUT2D eigenvalue weighted by Crippen LogP contribution is 2.36. The van der Waals surface area contributed by atoms with Crippen LogP contribution in [0.2, 0.25) is 0 Å². The van der Waals surface area contributed by atoms with E-state index < -0.39 is 5.79 Å². The number of hydrogen-bond donors (Lipinski definition) is 2. The van der Waals surface area contributed by atoms with Crippen LogP contribution >= 0.6 is 0 Å². The maximum Gasteiger partial charge on any atom is 0.262 e. The zero-order valence-corrected chi connectivity index (χ0v) is 10.6. The third-order valence-corrected chi connectivity index (χ3v) is 3.28. The molecule has 102 valence electrons. The average Bonchev–Trinajstić information content (AvgIpc) is 2.41. The van der Waals surface area contributed by atoms with E-state index >= 15 is 0 Å². The molecule has 0 aliphatic carbocycles. The summed E-state index contributed by atoms with van der Waals surface area (Å²) >= 11 is 0. The smallest absolute Gasteiger partial charge is 0.262 e. The predicted octanol–water partition coefficient (Wildman–Crippen LogP) is 0.564. The highest BCUT2D eigenvalue weighted by atomic mass is 16.7. The van der Waals surface area contributed by atoms with Crippen LogP contribution in [0.5, 0.6) is 5.75 Å². The molecule has 6 nitrogen and oxygen atoms in total. The molecule has 2 aliphatic rings. The van der Waals surface area contributed by atoms with Crippen LogP contribution in [0.15, 0.2) is 18.2 Å². The van der Waals surface area contributed by atoms with Crippen molar-refractivity contribution in [3.05, 3.63) is 23.8 Å². The summed E-state index contributed by atoms with van der Waals surface area (Å²) in [7, 11) is 0. The molecule has 19 heavy (non-hydrogen) atoms. The molecule has 0 atom stereocenters. The van der Waals surface area contributed by atoms with Crippen molar-refractivity contribution in [1.29, 1.82) is 0 Å². The zero-order chi connectivity index (χ0) is 13.5. The minimum Gasteiger partial charge on any atom is -0.482 e. The molecular weight excluding hydrogens is 248 g/mol. The van der Waals surface area contributed by atoms with Crippen molar-refractivity contribution < 1.29 is 19.0 Å². The lowest BCUT2D eigenvalue weighted by Gasteiger charge is -2.37. The number of carbonyl (C=O) groups is 1. The highest BCUT2D eigenvalue weighted by molar-refractivity contribution is 5.95. The lowest BCUT2D eigenvalue weighted by Crippen LogP contribution is -2.46. The number of amides is 1. The van der Waals surface area contributed by atoms with Crippen LogP contribution in [0.4, 0.5) is 5.69 Å². The molecule has 0 unspecified atom stereocenters. The fourth-order valence-electron chi connectivity index (χ4n) is 2.15. The Balaban J connectivity index is 1.89. The molecule has 0 bridgehead atoms. The third-order valence-electron chi connectivity index (χ3n) is 3.28. The molecule has 1 amide bonds. The number of ether oxygens (including phenoxy) is 3. The van der Waals surface area contributed by atoms with E-state index in [1.807, 2.05) is 19.1 Å². The van der Waals surface area contributed by atoms with Crippen molar-refractivity contribution in [3.63, 3.8) is 0 Å². The Morgan fingerprint density at radius 1 is 1.37 bits per heavy atom. The van der Waals surface area contributed by atoms with Gasteiger partial charge in [-0.2, -0.15) is 0 Å². The molecule has 3 rings (SSSR count). The van der Waals surface area contributed by atoms with Crippen molar-refractivity contribution in [1.82, 2.24) is 0 Å². The normalized spacial score (nSPS) is 30.2. The van der Waals surface area contributed by atoms with Gasteiger partial charge in [0.05, 0.1) is 24.9 Å². The Bertz CT molecular complexity index is 509. The van der Waals surface area contributed by atoms with E-state index in [0.29, 0.717) is 24.7 Å². The van der Waals surface area contributed by atoms with E-state index in [1.54, 1.807) is 6.07 Å². The van der Waals surface area contributed by atoms with Gasteiger partial charge in [-0.3, -0.25) is 4.79 Å². The number of nitrogens with two attached hydrogens (primary N) is 1. The molecule has 0 aromatic heterocycles. The van der Waals surface area contributed by atoms with E-state index in [9.17, 15) is 4.79 Å². The van der Waals surface area contributed by atoms with Crippen LogP contribution in [0, 0.1) is 0 Å².